The molecule has 0 saturated carbocycles. The Bertz CT molecular complexity index is 531. The van der Waals surface area contributed by atoms with E-state index in [4.69, 9.17) is 10.2 Å². The van der Waals surface area contributed by atoms with Gasteiger partial charge in [-0.3, -0.25) is 4.79 Å². The van der Waals surface area contributed by atoms with Crippen LogP contribution >= 0.6 is 0 Å². The van der Waals surface area contributed by atoms with E-state index < -0.39 is 0 Å². The van der Waals surface area contributed by atoms with Crippen LogP contribution in [0.25, 0.3) is 11.0 Å². The zero-order chi connectivity index (χ0) is 12.4. The first-order valence-electron chi connectivity index (χ1n) is 5.57. The number of carbonyl (C=O) groups is 1. The molecule has 90 valence electrons. The molecule has 1 aromatic heterocycles. The quantitative estimate of drug-likeness (QED) is 0.878. The lowest BCUT2D eigenvalue weighted by atomic mass is 10.1. The van der Waals surface area contributed by atoms with Crippen molar-refractivity contribution in [3.8, 4) is 0 Å². The third kappa shape index (κ3) is 2.31. The van der Waals surface area contributed by atoms with Gasteiger partial charge < -0.3 is 15.1 Å². The summed E-state index contributed by atoms with van der Waals surface area (Å²) in [5.41, 5.74) is 6.99. The van der Waals surface area contributed by atoms with E-state index in [9.17, 15) is 4.79 Å². The zero-order valence-corrected chi connectivity index (χ0v) is 10.0. The Labute approximate surface area is 100.0 Å². The highest BCUT2D eigenvalue weighted by atomic mass is 16.3. The van der Waals surface area contributed by atoms with Crippen molar-refractivity contribution in [2.45, 2.75) is 13.0 Å². The van der Waals surface area contributed by atoms with Crippen molar-refractivity contribution in [2.75, 3.05) is 13.6 Å². The van der Waals surface area contributed by atoms with Crippen LogP contribution in [0, 0.1) is 0 Å². The molecular formula is C13H16N2O2. The van der Waals surface area contributed by atoms with Gasteiger partial charge in [-0.2, -0.15) is 0 Å². The van der Waals surface area contributed by atoms with Crippen molar-refractivity contribution in [1.29, 1.82) is 0 Å². The molecular weight excluding hydrogens is 216 g/mol. The molecule has 1 amide bonds. The number of furan rings is 1. The molecule has 2 rings (SSSR count). The lowest BCUT2D eigenvalue weighted by molar-refractivity contribution is 0.0789. The number of rotatable bonds is 3. The molecule has 0 radical (unpaired) electrons. The topological polar surface area (TPSA) is 59.5 Å². The first-order valence-corrected chi connectivity index (χ1v) is 5.57. The van der Waals surface area contributed by atoms with Gasteiger partial charge in [-0.25, -0.2) is 0 Å². The fourth-order valence-corrected chi connectivity index (χ4v) is 1.86. The summed E-state index contributed by atoms with van der Waals surface area (Å²) < 4.78 is 5.35. The molecule has 4 nitrogen and oxygen atoms in total. The molecule has 17 heavy (non-hydrogen) atoms. The van der Waals surface area contributed by atoms with Crippen LogP contribution in [0.5, 0.6) is 0 Å². The van der Waals surface area contributed by atoms with Crippen molar-refractivity contribution >= 4 is 16.9 Å². The summed E-state index contributed by atoms with van der Waals surface area (Å²) in [6.45, 7) is 2.40. The minimum atomic E-state index is -0.0627. The molecule has 0 bridgehead atoms. The summed E-state index contributed by atoms with van der Waals surface area (Å²) in [4.78, 5) is 13.8. The van der Waals surface area contributed by atoms with E-state index in [1.165, 1.54) is 6.26 Å². The molecule has 1 unspecified atom stereocenters. The van der Waals surface area contributed by atoms with Gasteiger partial charge in [0.15, 0.2) is 0 Å². The highest BCUT2D eigenvalue weighted by Gasteiger charge is 2.17. The first kappa shape index (κ1) is 11.7. The van der Waals surface area contributed by atoms with Crippen LogP contribution in [0.15, 0.2) is 34.9 Å². The van der Waals surface area contributed by atoms with Crippen molar-refractivity contribution < 1.29 is 9.21 Å². The molecule has 0 aliphatic rings. The van der Waals surface area contributed by atoms with Crippen LogP contribution in [-0.2, 0) is 0 Å². The van der Waals surface area contributed by atoms with Gasteiger partial charge in [0.05, 0.1) is 5.56 Å². The normalized spacial score (nSPS) is 12.6. The lowest BCUT2D eigenvalue weighted by Gasteiger charge is -2.18. The Balaban J connectivity index is 2.30. The van der Waals surface area contributed by atoms with Gasteiger partial charge in [-0.1, -0.05) is 18.2 Å². The molecule has 1 aromatic carbocycles. The van der Waals surface area contributed by atoms with Crippen molar-refractivity contribution in [3.05, 3.63) is 36.1 Å². The summed E-state index contributed by atoms with van der Waals surface area (Å²) in [6.07, 6.45) is 1.50. The number of nitrogens with two attached hydrogens (primary N) is 1. The number of hydrogen-bond donors (Lipinski definition) is 1. The summed E-state index contributed by atoms with van der Waals surface area (Å²) in [7, 11) is 1.74. The van der Waals surface area contributed by atoms with Crippen molar-refractivity contribution in [3.63, 3.8) is 0 Å². The molecule has 0 aliphatic carbocycles. The van der Waals surface area contributed by atoms with Gasteiger partial charge in [-0.05, 0) is 13.0 Å². The average molecular weight is 232 g/mol. The van der Waals surface area contributed by atoms with Crippen molar-refractivity contribution in [2.24, 2.45) is 5.73 Å². The number of likely N-dealkylation sites (N-methyl/N-ethyl adjacent to an activating group) is 1. The highest BCUT2D eigenvalue weighted by molar-refractivity contribution is 6.05. The number of carbonyl (C=O) groups excluding carboxylic acids is 1. The Morgan fingerprint density at radius 2 is 2.18 bits per heavy atom. The maximum atomic E-state index is 12.2. The molecule has 0 saturated heterocycles. The van der Waals surface area contributed by atoms with Gasteiger partial charge >= 0.3 is 0 Å². The van der Waals surface area contributed by atoms with Crippen LogP contribution in [0.1, 0.15) is 17.3 Å². The molecule has 4 heteroatoms. The molecule has 0 spiro atoms. The van der Waals surface area contributed by atoms with E-state index >= 15 is 0 Å². The number of hydrogen-bond acceptors (Lipinski definition) is 3. The molecule has 2 N–H and O–H groups in total. The summed E-state index contributed by atoms with van der Waals surface area (Å²) in [5, 5.41) is 0.842. The monoisotopic (exact) mass is 232 g/mol. The maximum absolute atomic E-state index is 12.2. The standard InChI is InChI=1S/C13H16N2O2/c1-9(14)7-15(2)13(16)11-8-17-12-6-4-3-5-10(11)12/h3-6,8-9H,7,14H2,1-2H3. The predicted octanol–water partition coefficient (Wildman–Crippen LogP) is 1.85. The minimum Gasteiger partial charge on any atom is -0.463 e. The molecule has 1 heterocycles. The predicted molar refractivity (Wildman–Crippen MR) is 66.8 cm³/mol. The largest absolute Gasteiger partial charge is 0.463 e. The lowest BCUT2D eigenvalue weighted by Crippen LogP contribution is -2.36. The SMILES string of the molecule is CC(N)CN(C)C(=O)c1coc2ccccc12. The second-order valence-electron chi connectivity index (χ2n) is 4.31. The van der Waals surface area contributed by atoms with Gasteiger partial charge in [0.1, 0.15) is 11.8 Å². The number of nitrogens with zero attached hydrogens (tertiary/aromatic N) is 1. The summed E-state index contributed by atoms with van der Waals surface area (Å²) in [5.74, 6) is -0.0627. The van der Waals surface area contributed by atoms with E-state index in [0.717, 1.165) is 11.0 Å². The fraction of sp³-hybridized carbons (Fsp3) is 0.308. The van der Waals surface area contributed by atoms with Crippen molar-refractivity contribution in [1.82, 2.24) is 4.90 Å². The smallest absolute Gasteiger partial charge is 0.257 e. The Morgan fingerprint density at radius 1 is 1.47 bits per heavy atom. The van der Waals surface area contributed by atoms with E-state index in [2.05, 4.69) is 0 Å². The van der Waals surface area contributed by atoms with Gasteiger partial charge in [0.25, 0.3) is 5.91 Å². The van der Waals surface area contributed by atoms with Crippen LogP contribution in [0.2, 0.25) is 0 Å². The van der Waals surface area contributed by atoms with Gasteiger partial charge in [0, 0.05) is 25.0 Å². The molecule has 2 aromatic rings. The Hall–Kier alpha value is -1.81. The molecule has 0 fully saturated rings. The average Bonchev–Trinajstić information content (AvgIpc) is 2.70. The molecule has 1 atom stereocenters. The maximum Gasteiger partial charge on any atom is 0.257 e. The Kier molecular flexibility index (Phi) is 3.15. The van der Waals surface area contributed by atoms with Crippen LogP contribution in [0.3, 0.4) is 0 Å². The van der Waals surface area contributed by atoms with Crippen LogP contribution in [0.4, 0.5) is 0 Å². The van der Waals surface area contributed by atoms with E-state index in [-0.39, 0.29) is 11.9 Å². The van der Waals surface area contributed by atoms with Crippen LogP contribution in [-0.4, -0.2) is 30.4 Å². The van der Waals surface area contributed by atoms with E-state index in [0.29, 0.717) is 12.1 Å². The zero-order valence-electron chi connectivity index (χ0n) is 10.0. The number of benzene rings is 1. The van der Waals surface area contributed by atoms with Gasteiger partial charge in [-0.15, -0.1) is 0 Å². The second kappa shape index (κ2) is 4.59. The van der Waals surface area contributed by atoms with Gasteiger partial charge in [0.2, 0.25) is 0 Å². The second-order valence-corrected chi connectivity index (χ2v) is 4.31. The summed E-state index contributed by atoms with van der Waals surface area (Å²) >= 11 is 0. The van der Waals surface area contributed by atoms with E-state index in [1.54, 1.807) is 11.9 Å². The molecule has 0 aliphatic heterocycles. The number of amides is 1. The fourth-order valence-electron chi connectivity index (χ4n) is 1.86. The third-order valence-corrected chi connectivity index (χ3v) is 2.62. The Morgan fingerprint density at radius 3 is 2.88 bits per heavy atom. The first-order chi connectivity index (χ1) is 8.09. The highest BCUT2D eigenvalue weighted by Crippen LogP contribution is 2.21. The van der Waals surface area contributed by atoms with E-state index in [1.807, 2.05) is 31.2 Å². The van der Waals surface area contributed by atoms with Crippen LogP contribution < -0.4 is 5.73 Å². The summed E-state index contributed by atoms with van der Waals surface area (Å²) in [6, 6.07) is 7.46. The minimum absolute atomic E-state index is 0.0397. The number of fused-ring (bicyclic) bond motifs is 1. The number of para-hydroxylation sites is 1. The third-order valence-electron chi connectivity index (χ3n) is 2.62.